The van der Waals surface area contributed by atoms with Gasteiger partial charge in [0.05, 0.1) is 12.7 Å². The number of carbonyl (C=O) groups excluding carboxylic acids is 1. The molecule has 0 aromatic carbocycles. The molecule has 22 heavy (non-hydrogen) atoms. The molecule has 0 radical (unpaired) electrons. The minimum atomic E-state index is -1.60. The number of carboxylic acid groups (broad SMARTS) is 1. The second-order valence-corrected chi connectivity index (χ2v) is 5.66. The lowest BCUT2D eigenvalue weighted by molar-refractivity contribution is -0.229. The van der Waals surface area contributed by atoms with E-state index in [1.165, 1.54) is 6.08 Å². The highest BCUT2D eigenvalue weighted by Crippen LogP contribution is 2.40. The van der Waals surface area contributed by atoms with Crippen LogP contribution in [0.3, 0.4) is 0 Å². The Morgan fingerprint density at radius 2 is 2.09 bits per heavy atom. The number of aliphatic hydroxyl groups is 1. The third-order valence-electron chi connectivity index (χ3n) is 3.45. The van der Waals surface area contributed by atoms with Crippen molar-refractivity contribution in [2.45, 2.75) is 56.8 Å². The van der Waals surface area contributed by atoms with E-state index in [-0.39, 0.29) is 6.61 Å². The zero-order chi connectivity index (χ0) is 16.5. The average Bonchev–Trinajstić information content (AvgIpc) is 2.88. The van der Waals surface area contributed by atoms with E-state index in [4.69, 9.17) is 24.1 Å². The molecule has 5 atom stereocenters. The minimum Gasteiger partial charge on any atom is -0.475 e. The highest BCUT2D eigenvalue weighted by Gasteiger charge is 2.57. The van der Waals surface area contributed by atoms with Crippen LogP contribution in [0.5, 0.6) is 0 Å². The first-order chi connectivity index (χ1) is 10.2. The summed E-state index contributed by atoms with van der Waals surface area (Å²) in [6, 6.07) is 0. The van der Waals surface area contributed by atoms with Crippen molar-refractivity contribution in [3.63, 3.8) is 0 Å². The van der Waals surface area contributed by atoms with Crippen LogP contribution in [0.1, 0.15) is 20.3 Å². The second-order valence-electron chi connectivity index (χ2n) is 5.66. The molecular formula is C14H20O8. The molecule has 8 nitrogen and oxygen atoms in total. The first-order valence-electron chi connectivity index (χ1n) is 6.93. The number of hydrogen-bond acceptors (Lipinski definition) is 7. The molecular weight excluding hydrogens is 296 g/mol. The number of carboxylic acids is 1. The Balaban J connectivity index is 2.08. The molecule has 2 aliphatic heterocycles. The van der Waals surface area contributed by atoms with Gasteiger partial charge in [0.2, 0.25) is 5.78 Å². The van der Waals surface area contributed by atoms with Crippen molar-refractivity contribution in [2.24, 2.45) is 0 Å². The van der Waals surface area contributed by atoms with Crippen molar-refractivity contribution in [1.29, 1.82) is 0 Å². The van der Waals surface area contributed by atoms with Crippen LogP contribution in [-0.4, -0.2) is 65.1 Å². The number of ketones is 1. The van der Waals surface area contributed by atoms with Crippen LogP contribution in [-0.2, 0) is 28.5 Å². The van der Waals surface area contributed by atoms with E-state index in [1.807, 2.05) is 0 Å². The van der Waals surface area contributed by atoms with Crippen molar-refractivity contribution in [2.75, 3.05) is 6.61 Å². The first kappa shape index (κ1) is 17.0. The van der Waals surface area contributed by atoms with Crippen molar-refractivity contribution >= 4 is 11.8 Å². The number of carbonyl (C=O) groups is 2. The zero-order valence-corrected chi connectivity index (χ0v) is 12.4. The van der Waals surface area contributed by atoms with Crippen LogP contribution >= 0.6 is 0 Å². The van der Waals surface area contributed by atoms with Gasteiger partial charge in [0.1, 0.15) is 18.3 Å². The van der Waals surface area contributed by atoms with Crippen molar-refractivity contribution in [1.82, 2.24) is 0 Å². The second kappa shape index (κ2) is 6.43. The molecule has 0 aromatic heterocycles. The van der Waals surface area contributed by atoms with Crippen molar-refractivity contribution in [3.8, 4) is 0 Å². The van der Waals surface area contributed by atoms with Gasteiger partial charge in [-0.1, -0.05) is 6.08 Å². The highest BCUT2D eigenvalue weighted by molar-refractivity contribution is 6.32. The number of rotatable bonds is 7. The van der Waals surface area contributed by atoms with Gasteiger partial charge in [-0.05, 0) is 13.8 Å². The third-order valence-corrected chi connectivity index (χ3v) is 3.45. The molecule has 124 valence electrons. The Morgan fingerprint density at radius 1 is 1.41 bits per heavy atom. The Kier molecular flexibility index (Phi) is 4.98. The number of ether oxygens (including phenoxy) is 4. The molecule has 0 aromatic rings. The van der Waals surface area contributed by atoms with Crippen molar-refractivity contribution < 1.29 is 38.7 Å². The zero-order valence-electron chi connectivity index (χ0n) is 12.4. The summed E-state index contributed by atoms with van der Waals surface area (Å²) in [6.45, 7) is 7.18. The average molecular weight is 316 g/mol. The van der Waals surface area contributed by atoms with Crippen LogP contribution in [0.2, 0.25) is 0 Å². The summed E-state index contributed by atoms with van der Waals surface area (Å²) >= 11 is 0. The molecule has 0 aliphatic carbocycles. The molecule has 0 amide bonds. The Hall–Kier alpha value is -1.32. The molecule has 0 bridgehead atoms. The summed E-state index contributed by atoms with van der Waals surface area (Å²) in [4.78, 5) is 21.8. The molecule has 0 unspecified atom stereocenters. The Morgan fingerprint density at radius 3 is 2.68 bits per heavy atom. The smallest absolute Gasteiger partial charge is 0.372 e. The molecule has 2 heterocycles. The van der Waals surface area contributed by atoms with E-state index in [1.54, 1.807) is 13.8 Å². The monoisotopic (exact) mass is 316 g/mol. The fourth-order valence-electron chi connectivity index (χ4n) is 2.58. The summed E-state index contributed by atoms with van der Waals surface area (Å²) in [5, 5.41) is 18.7. The largest absolute Gasteiger partial charge is 0.475 e. The Labute approximate surface area is 127 Å². The van der Waals surface area contributed by atoms with Crippen LogP contribution in [0.4, 0.5) is 0 Å². The van der Waals surface area contributed by atoms with Gasteiger partial charge in [-0.2, -0.15) is 0 Å². The van der Waals surface area contributed by atoms with E-state index < -0.39 is 54.7 Å². The first-order valence-corrected chi connectivity index (χ1v) is 6.93. The van der Waals surface area contributed by atoms with Crippen LogP contribution < -0.4 is 0 Å². The number of Topliss-reactive ketones (excluding diaryl/α,β-unsaturated/α-hetero) is 1. The maximum Gasteiger partial charge on any atom is 0.372 e. The summed E-state index contributed by atoms with van der Waals surface area (Å²) in [5.41, 5.74) is 0. The van der Waals surface area contributed by atoms with Crippen LogP contribution in [0.15, 0.2) is 12.7 Å². The summed E-state index contributed by atoms with van der Waals surface area (Å²) < 4.78 is 22.4. The summed E-state index contributed by atoms with van der Waals surface area (Å²) in [5.74, 6) is -3.55. The van der Waals surface area contributed by atoms with Gasteiger partial charge in [0.15, 0.2) is 12.1 Å². The molecule has 2 saturated heterocycles. The fraction of sp³-hybridized carbons (Fsp3) is 0.714. The standard InChI is InChI=1S/C14H20O8/c1-4-5-19-10-9(7(15)6-8(16)12(17)18)20-13-11(10)21-14(2,3)22-13/h4,7,9-11,13,15H,1,5-6H2,2-3H3,(H,17,18)/t7-,9+,10-,11+,13+/m0/s1. The molecule has 0 saturated carbocycles. The van der Waals surface area contributed by atoms with E-state index in [2.05, 4.69) is 6.58 Å². The predicted octanol–water partition coefficient (Wildman–Crippen LogP) is -0.161. The van der Waals surface area contributed by atoms with Gasteiger partial charge in [-0.3, -0.25) is 4.79 Å². The minimum absolute atomic E-state index is 0.192. The third kappa shape index (κ3) is 3.53. The van der Waals surface area contributed by atoms with Gasteiger partial charge >= 0.3 is 5.97 Å². The molecule has 2 rings (SSSR count). The molecule has 2 fully saturated rings. The number of aliphatic hydroxyl groups excluding tert-OH is 1. The van der Waals surface area contributed by atoms with Gasteiger partial charge in [0, 0.05) is 6.42 Å². The van der Waals surface area contributed by atoms with Crippen LogP contribution in [0, 0.1) is 0 Å². The molecule has 2 aliphatic rings. The lowest BCUT2D eigenvalue weighted by Crippen LogP contribution is -2.44. The SMILES string of the molecule is C=CCO[C@@H]1[C@H]2OC(C)(C)O[C@H]2O[C@@H]1[C@@H](O)CC(=O)C(=O)O. The van der Waals surface area contributed by atoms with Gasteiger partial charge in [-0.15, -0.1) is 6.58 Å². The quantitative estimate of drug-likeness (QED) is 0.492. The van der Waals surface area contributed by atoms with Crippen molar-refractivity contribution in [3.05, 3.63) is 12.7 Å². The van der Waals surface area contributed by atoms with Gasteiger partial charge < -0.3 is 29.2 Å². The summed E-state index contributed by atoms with van der Waals surface area (Å²) in [6.07, 6.45) is -3.31. The topological polar surface area (TPSA) is 112 Å². The number of fused-ring (bicyclic) bond motifs is 1. The van der Waals surface area contributed by atoms with E-state index >= 15 is 0 Å². The predicted molar refractivity (Wildman–Crippen MR) is 71.9 cm³/mol. The molecule has 8 heteroatoms. The fourth-order valence-corrected chi connectivity index (χ4v) is 2.58. The molecule has 2 N–H and O–H groups in total. The van der Waals surface area contributed by atoms with E-state index in [9.17, 15) is 14.7 Å². The van der Waals surface area contributed by atoms with Gasteiger partial charge in [0.25, 0.3) is 0 Å². The van der Waals surface area contributed by atoms with Gasteiger partial charge in [-0.25, -0.2) is 4.79 Å². The van der Waals surface area contributed by atoms with E-state index in [0.717, 1.165) is 0 Å². The normalized spacial score (nSPS) is 34.1. The Bertz CT molecular complexity index is 460. The lowest BCUT2D eigenvalue weighted by atomic mass is 10.0. The number of aliphatic carboxylic acids is 1. The van der Waals surface area contributed by atoms with Crippen LogP contribution in [0.25, 0.3) is 0 Å². The lowest BCUT2D eigenvalue weighted by Gasteiger charge is -2.28. The highest BCUT2D eigenvalue weighted by atomic mass is 16.8. The number of hydrogen-bond donors (Lipinski definition) is 2. The van der Waals surface area contributed by atoms with E-state index in [0.29, 0.717) is 0 Å². The summed E-state index contributed by atoms with van der Waals surface area (Å²) in [7, 11) is 0. The molecule has 0 spiro atoms. The maximum absolute atomic E-state index is 11.2. The maximum atomic E-state index is 11.2.